The molecule has 340 valence electrons. The SMILES string of the molecule is CCCCCCCCCCCCCCCCCCCCCCCCCCC=CPC=CCCCCCCCCCCCCCCCCCCCCCCCCCC. The maximum Gasteiger partial charge on any atom is -0.0347 e. The second-order valence-electron chi connectivity index (χ2n) is 18.8. The summed E-state index contributed by atoms with van der Waals surface area (Å²) in [6, 6.07) is 0. The molecule has 0 aliphatic carbocycles. The van der Waals surface area contributed by atoms with Gasteiger partial charge >= 0.3 is 0 Å². The number of allylic oxidation sites excluding steroid dienone is 2. The molecule has 0 bridgehead atoms. The molecule has 1 heteroatoms. The summed E-state index contributed by atoms with van der Waals surface area (Å²) >= 11 is 0. The highest BCUT2D eigenvalue weighted by atomic mass is 31.1. The van der Waals surface area contributed by atoms with E-state index >= 15 is 0 Å². The Bertz CT molecular complexity index is 663. The van der Waals surface area contributed by atoms with Gasteiger partial charge in [0.1, 0.15) is 0 Å². The average molecular weight is 815 g/mol. The molecule has 0 saturated heterocycles. The number of rotatable bonds is 52. The number of hydrogen-bond acceptors (Lipinski definition) is 0. The molecule has 0 aliphatic heterocycles. The molecule has 0 nitrogen and oxygen atoms in total. The summed E-state index contributed by atoms with van der Waals surface area (Å²) in [6.07, 6.45) is 78.0. The fourth-order valence-electron chi connectivity index (χ4n) is 8.81. The molecule has 0 N–H and O–H groups in total. The zero-order valence-corrected chi connectivity index (χ0v) is 41.2. The third-order valence-corrected chi connectivity index (χ3v) is 13.7. The van der Waals surface area contributed by atoms with Crippen LogP contribution in [-0.4, -0.2) is 0 Å². The van der Waals surface area contributed by atoms with E-state index in [1.165, 1.54) is 321 Å². The minimum atomic E-state index is 0.891. The van der Waals surface area contributed by atoms with Gasteiger partial charge in [0.25, 0.3) is 0 Å². The van der Waals surface area contributed by atoms with Crippen LogP contribution in [0, 0.1) is 0 Å². The molecule has 0 amide bonds. The molecule has 0 fully saturated rings. The van der Waals surface area contributed by atoms with Crippen LogP contribution in [0.2, 0.25) is 0 Å². The molecule has 0 aliphatic rings. The molecular formula is C56H111P. The lowest BCUT2D eigenvalue weighted by molar-refractivity contribution is 0.517. The first-order valence-electron chi connectivity index (χ1n) is 27.5. The normalized spacial score (nSPS) is 12.2. The molecule has 0 aromatic carbocycles. The van der Waals surface area contributed by atoms with Crippen molar-refractivity contribution in [3.63, 3.8) is 0 Å². The Kier molecular flexibility index (Phi) is 55.8. The fraction of sp³-hybridized carbons (Fsp3) is 0.929. The van der Waals surface area contributed by atoms with Crippen molar-refractivity contribution in [2.75, 3.05) is 0 Å². The molecule has 0 radical (unpaired) electrons. The summed E-state index contributed by atoms with van der Waals surface area (Å²) in [4.78, 5) is 0. The summed E-state index contributed by atoms with van der Waals surface area (Å²) in [5.41, 5.74) is 0. The Balaban J connectivity index is 3.14. The van der Waals surface area contributed by atoms with E-state index in [0.29, 0.717) is 0 Å². The molecule has 0 atom stereocenters. The van der Waals surface area contributed by atoms with Crippen molar-refractivity contribution in [2.45, 2.75) is 335 Å². The predicted octanol–water partition coefficient (Wildman–Crippen LogP) is 22.2. The van der Waals surface area contributed by atoms with Gasteiger partial charge in [0, 0.05) is 0 Å². The van der Waals surface area contributed by atoms with Crippen molar-refractivity contribution in [3.05, 3.63) is 23.8 Å². The van der Waals surface area contributed by atoms with Gasteiger partial charge in [-0.05, 0) is 25.7 Å². The first-order chi connectivity index (χ1) is 28.4. The van der Waals surface area contributed by atoms with Crippen molar-refractivity contribution < 1.29 is 0 Å². The number of unbranched alkanes of at least 4 members (excludes halogenated alkanes) is 48. The van der Waals surface area contributed by atoms with Crippen molar-refractivity contribution in [2.24, 2.45) is 0 Å². The largest absolute Gasteiger partial charge is 0.0840 e. The average Bonchev–Trinajstić information content (AvgIpc) is 3.22. The van der Waals surface area contributed by atoms with Gasteiger partial charge in [0.2, 0.25) is 0 Å². The van der Waals surface area contributed by atoms with Gasteiger partial charge in [-0.15, -0.1) is 0 Å². The van der Waals surface area contributed by atoms with E-state index < -0.39 is 0 Å². The van der Waals surface area contributed by atoms with Crippen LogP contribution in [0.1, 0.15) is 335 Å². The predicted molar refractivity (Wildman–Crippen MR) is 269 cm³/mol. The van der Waals surface area contributed by atoms with Gasteiger partial charge in [-0.2, -0.15) is 0 Å². The Morgan fingerprint density at radius 3 is 0.491 bits per heavy atom. The van der Waals surface area contributed by atoms with Crippen LogP contribution in [0.15, 0.2) is 23.8 Å². The standard InChI is InChI=1S/C56H111P/c1-3-5-7-9-11-13-15-17-19-21-23-25-27-29-31-33-35-37-39-41-43-45-47-49-51-53-55-57-56-54-52-50-48-46-44-42-40-38-36-34-32-30-28-26-24-22-20-18-16-14-12-10-8-6-4-2/h53-57H,3-52H2,1-2H3. The van der Waals surface area contributed by atoms with Crippen LogP contribution in [-0.2, 0) is 0 Å². The maximum atomic E-state index is 2.45. The summed E-state index contributed by atoms with van der Waals surface area (Å²) in [5, 5.41) is 0. The van der Waals surface area contributed by atoms with Crippen LogP contribution >= 0.6 is 8.58 Å². The lowest BCUT2D eigenvalue weighted by Crippen LogP contribution is -1.84. The van der Waals surface area contributed by atoms with E-state index in [1.807, 2.05) is 0 Å². The molecule has 57 heavy (non-hydrogen) atoms. The van der Waals surface area contributed by atoms with Crippen molar-refractivity contribution >= 4 is 8.58 Å². The monoisotopic (exact) mass is 815 g/mol. The number of hydrogen-bond donors (Lipinski definition) is 0. The van der Waals surface area contributed by atoms with E-state index in [1.54, 1.807) is 0 Å². The summed E-state index contributed by atoms with van der Waals surface area (Å²) in [6.45, 7) is 4.62. The fourth-order valence-corrected chi connectivity index (χ4v) is 9.52. The smallest absolute Gasteiger partial charge is 0.0347 e. The molecular weight excluding hydrogens is 704 g/mol. The van der Waals surface area contributed by atoms with Gasteiger partial charge in [-0.1, -0.05) is 342 Å². The summed E-state index contributed by atoms with van der Waals surface area (Å²) < 4.78 is 0. The zero-order valence-electron chi connectivity index (χ0n) is 40.2. The van der Waals surface area contributed by atoms with Crippen LogP contribution in [0.5, 0.6) is 0 Å². The van der Waals surface area contributed by atoms with E-state index in [4.69, 9.17) is 0 Å². The van der Waals surface area contributed by atoms with Crippen LogP contribution in [0.3, 0.4) is 0 Å². The lowest BCUT2D eigenvalue weighted by Gasteiger charge is -2.04. The highest BCUT2D eigenvalue weighted by molar-refractivity contribution is 7.45. The van der Waals surface area contributed by atoms with E-state index in [9.17, 15) is 0 Å². The van der Waals surface area contributed by atoms with Crippen molar-refractivity contribution in [3.8, 4) is 0 Å². The van der Waals surface area contributed by atoms with Crippen molar-refractivity contribution in [1.82, 2.24) is 0 Å². The Morgan fingerprint density at radius 1 is 0.193 bits per heavy atom. The second-order valence-corrected chi connectivity index (χ2v) is 19.8. The van der Waals surface area contributed by atoms with E-state index in [0.717, 1.165) is 8.58 Å². The van der Waals surface area contributed by atoms with Crippen LogP contribution in [0.25, 0.3) is 0 Å². The van der Waals surface area contributed by atoms with Gasteiger partial charge < -0.3 is 0 Å². The maximum absolute atomic E-state index is 2.45. The summed E-state index contributed by atoms with van der Waals surface area (Å²) in [7, 11) is 0.891. The molecule has 0 spiro atoms. The van der Waals surface area contributed by atoms with Crippen LogP contribution in [0.4, 0.5) is 0 Å². The topological polar surface area (TPSA) is 0 Å². The molecule has 0 rings (SSSR count). The van der Waals surface area contributed by atoms with E-state index in [-0.39, 0.29) is 0 Å². The molecule has 0 saturated carbocycles. The lowest BCUT2D eigenvalue weighted by atomic mass is 10.0. The van der Waals surface area contributed by atoms with Gasteiger partial charge in [-0.25, -0.2) is 0 Å². The highest BCUT2D eigenvalue weighted by Crippen LogP contribution is 2.19. The Morgan fingerprint density at radius 2 is 0.333 bits per heavy atom. The minimum Gasteiger partial charge on any atom is -0.0840 e. The highest BCUT2D eigenvalue weighted by Gasteiger charge is 1.98. The quantitative estimate of drug-likeness (QED) is 0.0424. The van der Waals surface area contributed by atoms with Gasteiger partial charge in [0.15, 0.2) is 0 Å². The molecule has 0 aromatic heterocycles. The Hall–Kier alpha value is -0.0900. The Labute approximate surface area is 365 Å². The van der Waals surface area contributed by atoms with Gasteiger partial charge in [0.05, 0.1) is 0 Å². The molecule has 0 unspecified atom stereocenters. The first-order valence-corrected chi connectivity index (χ1v) is 28.6. The third-order valence-electron chi connectivity index (χ3n) is 12.9. The first kappa shape index (κ1) is 56.9. The second kappa shape index (κ2) is 55.9. The minimum absolute atomic E-state index is 0.891. The van der Waals surface area contributed by atoms with Crippen LogP contribution < -0.4 is 0 Å². The van der Waals surface area contributed by atoms with Crippen molar-refractivity contribution in [1.29, 1.82) is 0 Å². The van der Waals surface area contributed by atoms with Gasteiger partial charge in [-0.3, -0.25) is 0 Å². The summed E-state index contributed by atoms with van der Waals surface area (Å²) in [5.74, 6) is 4.85. The molecule has 0 heterocycles. The third kappa shape index (κ3) is 55.9. The molecule has 0 aromatic rings. The zero-order chi connectivity index (χ0) is 40.9. The van der Waals surface area contributed by atoms with E-state index in [2.05, 4.69) is 37.6 Å².